The quantitative estimate of drug-likeness (QED) is 0.478. The van der Waals surface area contributed by atoms with Crippen LogP contribution in [0.4, 0.5) is 18.9 Å². The molecule has 10 heteroatoms. The topological polar surface area (TPSA) is 79.3 Å². The smallest absolute Gasteiger partial charge is 0.406 e. The summed E-state index contributed by atoms with van der Waals surface area (Å²) in [6, 6.07) is 12.0. The summed E-state index contributed by atoms with van der Waals surface area (Å²) in [5, 5.41) is 10.8. The number of ether oxygens (including phenoxy) is 1. The van der Waals surface area contributed by atoms with Crippen LogP contribution in [0.15, 0.2) is 65.1 Å². The average molecular weight is 522 g/mol. The molecule has 4 rings (SSSR count). The molecule has 0 radical (unpaired) electrons. The Balaban J connectivity index is 1.92. The van der Waals surface area contributed by atoms with E-state index in [1.54, 1.807) is 17.0 Å². The average Bonchev–Trinajstić information content (AvgIpc) is 2.72. The maximum absolute atomic E-state index is 13.5. The van der Waals surface area contributed by atoms with Gasteiger partial charge in [-0.3, -0.25) is 9.69 Å². The first-order valence-corrected chi connectivity index (χ1v) is 11.3. The van der Waals surface area contributed by atoms with Crippen molar-refractivity contribution in [2.24, 2.45) is 11.1 Å². The SMILES string of the molecule is CC1(C)CC(=O)C2=C(C1)N(c1ccc(OC(F)(F)F)cc1)C(N)=C(C#N)C2c1ccc(Cl)cc1Cl. The molecular weight excluding hydrogens is 502 g/mol. The lowest BCUT2D eigenvalue weighted by molar-refractivity contribution is -0.274. The number of carbonyl (C=O) groups is 1. The van der Waals surface area contributed by atoms with Crippen LogP contribution in [0.3, 0.4) is 0 Å². The molecule has 0 spiro atoms. The van der Waals surface area contributed by atoms with Crippen LogP contribution in [-0.2, 0) is 4.79 Å². The van der Waals surface area contributed by atoms with Crippen LogP contribution in [0.1, 0.15) is 38.2 Å². The lowest BCUT2D eigenvalue weighted by Gasteiger charge is -2.44. The normalized spacial score (nSPS) is 20.0. The molecule has 2 aliphatic rings. The van der Waals surface area contributed by atoms with Gasteiger partial charge in [-0.25, -0.2) is 0 Å². The summed E-state index contributed by atoms with van der Waals surface area (Å²) in [6.45, 7) is 3.88. The molecule has 1 heterocycles. The first-order valence-electron chi connectivity index (χ1n) is 10.6. The van der Waals surface area contributed by atoms with Crippen LogP contribution in [0.25, 0.3) is 0 Å². The van der Waals surface area contributed by atoms with Crippen LogP contribution >= 0.6 is 23.2 Å². The number of anilines is 1. The molecule has 0 bridgehead atoms. The van der Waals surface area contributed by atoms with E-state index >= 15 is 0 Å². The number of hydrogen-bond donors (Lipinski definition) is 1. The number of benzene rings is 2. The van der Waals surface area contributed by atoms with Gasteiger partial charge in [-0.05, 0) is 53.8 Å². The molecule has 35 heavy (non-hydrogen) atoms. The number of ketones is 1. The first-order chi connectivity index (χ1) is 16.3. The Labute approximate surface area is 210 Å². The van der Waals surface area contributed by atoms with Gasteiger partial charge in [-0.2, -0.15) is 5.26 Å². The number of Topliss-reactive ketones (excluding diaryl/α,β-unsaturated/α-hetero) is 1. The summed E-state index contributed by atoms with van der Waals surface area (Å²) < 4.78 is 41.8. The summed E-state index contributed by atoms with van der Waals surface area (Å²) in [5.74, 6) is -1.29. The number of halogens is 5. The number of nitrogens with zero attached hydrogens (tertiary/aromatic N) is 2. The van der Waals surface area contributed by atoms with E-state index in [1.165, 1.54) is 18.2 Å². The van der Waals surface area contributed by atoms with Crippen molar-refractivity contribution < 1.29 is 22.7 Å². The van der Waals surface area contributed by atoms with Gasteiger partial charge < -0.3 is 10.5 Å². The zero-order valence-electron chi connectivity index (χ0n) is 18.7. The van der Waals surface area contributed by atoms with Gasteiger partial charge in [0.15, 0.2) is 5.78 Å². The minimum atomic E-state index is -4.83. The predicted octanol–water partition coefficient (Wildman–Crippen LogP) is 6.83. The molecule has 5 nitrogen and oxygen atoms in total. The number of carbonyl (C=O) groups excluding carboxylic acids is 1. The number of allylic oxidation sites excluding steroid dienone is 3. The largest absolute Gasteiger partial charge is 0.573 e. The van der Waals surface area contributed by atoms with E-state index < -0.39 is 23.4 Å². The van der Waals surface area contributed by atoms with Crippen molar-refractivity contribution >= 4 is 34.7 Å². The number of nitriles is 1. The Morgan fingerprint density at radius 2 is 1.80 bits per heavy atom. The van der Waals surface area contributed by atoms with Gasteiger partial charge in [-0.15, -0.1) is 13.2 Å². The lowest BCUT2D eigenvalue weighted by Crippen LogP contribution is -2.42. The molecule has 0 aromatic heterocycles. The fraction of sp³-hybridized carbons (Fsp3) is 0.280. The van der Waals surface area contributed by atoms with Crippen LogP contribution in [-0.4, -0.2) is 12.1 Å². The van der Waals surface area contributed by atoms with Crippen molar-refractivity contribution in [3.05, 3.63) is 80.7 Å². The highest BCUT2D eigenvalue weighted by molar-refractivity contribution is 6.35. The van der Waals surface area contributed by atoms with Gasteiger partial charge in [0.1, 0.15) is 11.6 Å². The van der Waals surface area contributed by atoms with E-state index in [4.69, 9.17) is 28.9 Å². The number of alkyl halides is 3. The van der Waals surface area contributed by atoms with Crippen molar-refractivity contribution in [1.82, 2.24) is 0 Å². The Hall–Kier alpha value is -3.15. The van der Waals surface area contributed by atoms with Gasteiger partial charge >= 0.3 is 6.36 Å². The summed E-state index contributed by atoms with van der Waals surface area (Å²) in [5.41, 5.74) is 8.08. The maximum atomic E-state index is 13.5. The number of nitrogens with two attached hydrogens (primary N) is 1. The molecule has 2 aromatic rings. The molecule has 1 aliphatic carbocycles. The molecule has 1 aliphatic heterocycles. The fourth-order valence-electron chi connectivity index (χ4n) is 4.65. The minimum Gasteiger partial charge on any atom is -0.406 e. The summed E-state index contributed by atoms with van der Waals surface area (Å²) in [4.78, 5) is 15.1. The van der Waals surface area contributed by atoms with E-state index in [9.17, 15) is 23.2 Å². The summed E-state index contributed by atoms with van der Waals surface area (Å²) in [7, 11) is 0. The second-order valence-electron chi connectivity index (χ2n) is 9.19. The molecule has 1 unspecified atom stereocenters. The molecule has 0 saturated heterocycles. The first kappa shape index (κ1) is 25.0. The van der Waals surface area contributed by atoms with Crippen LogP contribution in [0.5, 0.6) is 5.75 Å². The molecule has 0 saturated carbocycles. The van der Waals surface area contributed by atoms with Crippen LogP contribution < -0.4 is 15.4 Å². The molecular formula is C25H20Cl2F3N3O2. The van der Waals surface area contributed by atoms with Crippen molar-refractivity contribution in [1.29, 1.82) is 5.26 Å². The molecule has 182 valence electrons. The molecule has 1 atom stereocenters. The zero-order valence-corrected chi connectivity index (χ0v) is 20.2. The Bertz CT molecular complexity index is 1310. The van der Waals surface area contributed by atoms with E-state index in [0.717, 1.165) is 12.1 Å². The maximum Gasteiger partial charge on any atom is 0.573 e. The zero-order chi connectivity index (χ0) is 25.7. The Kier molecular flexibility index (Phi) is 6.28. The highest BCUT2D eigenvalue weighted by Crippen LogP contribution is 2.51. The minimum absolute atomic E-state index is 0.0669. The van der Waals surface area contributed by atoms with E-state index in [0.29, 0.717) is 34.0 Å². The summed E-state index contributed by atoms with van der Waals surface area (Å²) in [6.07, 6.45) is -4.14. The fourth-order valence-corrected chi connectivity index (χ4v) is 5.16. The van der Waals surface area contributed by atoms with Gasteiger partial charge in [0, 0.05) is 33.4 Å². The highest BCUT2D eigenvalue weighted by atomic mass is 35.5. The third-order valence-corrected chi connectivity index (χ3v) is 6.55. The van der Waals surface area contributed by atoms with Crippen LogP contribution in [0.2, 0.25) is 10.0 Å². The second-order valence-corrected chi connectivity index (χ2v) is 10.0. The van der Waals surface area contributed by atoms with E-state index in [2.05, 4.69) is 10.8 Å². The van der Waals surface area contributed by atoms with Crippen molar-refractivity contribution in [3.8, 4) is 11.8 Å². The molecule has 2 N–H and O–H groups in total. The van der Waals surface area contributed by atoms with Gasteiger partial charge in [0.05, 0.1) is 17.6 Å². The standard InChI is InChI=1S/C25H20Cl2F3N3O2/c1-24(2)10-19-22(20(34)11-24)21(16-8-3-13(26)9-18(16)27)17(12-31)23(32)33(19)14-4-6-15(7-5-14)35-25(28,29)30/h3-9,21H,10-11,32H2,1-2H3. The van der Waals surface area contributed by atoms with Crippen molar-refractivity contribution in [3.63, 3.8) is 0 Å². The third kappa shape index (κ3) is 4.84. The highest BCUT2D eigenvalue weighted by Gasteiger charge is 2.45. The lowest BCUT2D eigenvalue weighted by atomic mass is 9.68. The third-order valence-electron chi connectivity index (χ3n) is 5.98. The molecule has 0 fully saturated rings. The van der Waals surface area contributed by atoms with Gasteiger partial charge in [-0.1, -0.05) is 43.1 Å². The number of hydrogen-bond acceptors (Lipinski definition) is 5. The van der Waals surface area contributed by atoms with Crippen molar-refractivity contribution in [2.75, 3.05) is 4.90 Å². The molecule has 2 aromatic carbocycles. The van der Waals surface area contributed by atoms with Crippen LogP contribution in [0, 0.1) is 16.7 Å². The molecule has 0 amide bonds. The Morgan fingerprint density at radius 1 is 1.14 bits per heavy atom. The van der Waals surface area contributed by atoms with E-state index in [1.807, 2.05) is 13.8 Å². The predicted molar refractivity (Wildman–Crippen MR) is 127 cm³/mol. The number of rotatable bonds is 3. The van der Waals surface area contributed by atoms with Crippen molar-refractivity contribution in [2.45, 2.75) is 39.0 Å². The monoisotopic (exact) mass is 521 g/mol. The van der Waals surface area contributed by atoms with Gasteiger partial charge in [0.25, 0.3) is 0 Å². The Morgan fingerprint density at radius 3 is 2.37 bits per heavy atom. The second kappa shape index (κ2) is 8.81. The van der Waals surface area contributed by atoms with Gasteiger partial charge in [0.2, 0.25) is 0 Å². The van der Waals surface area contributed by atoms with E-state index in [-0.39, 0.29) is 28.6 Å². The summed E-state index contributed by atoms with van der Waals surface area (Å²) >= 11 is 12.5.